The lowest BCUT2D eigenvalue weighted by Crippen LogP contribution is -2.23. The zero-order valence-electron chi connectivity index (χ0n) is 12.9. The molecular formula is C17H19N3O2. The van der Waals surface area contributed by atoms with Crippen LogP contribution in [0.3, 0.4) is 0 Å². The molecule has 0 aliphatic heterocycles. The maximum atomic E-state index is 11.8. The van der Waals surface area contributed by atoms with Crippen molar-refractivity contribution in [3.8, 4) is 5.75 Å². The smallest absolute Gasteiger partial charge is 0.410 e. The molecule has 5 heteroatoms. The number of nitrogens with one attached hydrogen (secondary N) is 1. The molecule has 22 heavy (non-hydrogen) atoms. The SMILES string of the molecule is CN=C(C)N(C)c1ccc(NC(=O)Oc2ccccc2)cc1. The van der Waals surface area contributed by atoms with Gasteiger partial charge in [0.05, 0.1) is 5.84 Å². The summed E-state index contributed by atoms with van der Waals surface area (Å²) in [6.07, 6.45) is -0.515. The highest BCUT2D eigenvalue weighted by molar-refractivity contribution is 5.95. The highest BCUT2D eigenvalue weighted by Crippen LogP contribution is 2.18. The van der Waals surface area contributed by atoms with Gasteiger partial charge in [-0.3, -0.25) is 10.3 Å². The van der Waals surface area contributed by atoms with Crippen LogP contribution in [0.25, 0.3) is 0 Å². The van der Waals surface area contributed by atoms with Crippen molar-refractivity contribution in [2.75, 3.05) is 24.3 Å². The molecule has 0 saturated heterocycles. The molecule has 1 amide bonds. The van der Waals surface area contributed by atoms with Gasteiger partial charge in [-0.1, -0.05) is 18.2 Å². The van der Waals surface area contributed by atoms with E-state index in [0.29, 0.717) is 11.4 Å². The van der Waals surface area contributed by atoms with Gasteiger partial charge in [-0.05, 0) is 43.3 Å². The Hall–Kier alpha value is -2.82. The Labute approximate surface area is 130 Å². The molecule has 0 unspecified atom stereocenters. The summed E-state index contributed by atoms with van der Waals surface area (Å²) in [4.78, 5) is 17.9. The fourth-order valence-electron chi connectivity index (χ4n) is 1.84. The molecule has 0 aliphatic rings. The Morgan fingerprint density at radius 2 is 1.73 bits per heavy atom. The number of ether oxygens (including phenoxy) is 1. The predicted molar refractivity (Wildman–Crippen MR) is 90.0 cm³/mol. The molecular weight excluding hydrogens is 278 g/mol. The molecule has 0 aliphatic carbocycles. The first-order valence-corrected chi connectivity index (χ1v) is 6.91. The van der Waals surface area contributed by atoms with Gasteiger partial charge in [-0.15, -0.1) is 0 Å². The number of rotatable bonds is 3. The summed E-state index contributed by atoms with van der Waals surface area (Å²) < 4.78 is 5.17. The van der Waals surface area contributed by atoms with Crippen LogP contribution in [0.5, 0.6) is 5.75 Å². The average molecular weight is 297 g/mol. The first-order valence-electron chi connectivity index (χ1n) is 6.91. The van der Waals surface area contributed by atoms with Crippen LogP contribution in [-0.2, 0) is 0 Å². The number of hydrogen-bond acceptors (Lipinski definition) is 3. The van der Waals surface area contributed by atoms with Crippen molar-refractivity contribution in [2.45, 2.75) is 6.92 Å². The summed E-state index contributed by atoms with van der Waals surface area (Å²) >= 11 is 0. The number of carbonyl (C=O) groups is 1. The second-order valence-corrected chi connectivity index (χ2v) is 4.70. The third-order valence-electron chi connectivity index (χ3n) is 3.26. The fraction of sp³-hybridized carbons (Fsp3) is 0.176. The highest BCUT2D eigenvalue weighted by Gasteiger charge is 2.06. The molecule has 0 heterocycles. The van der Waals surface area contributed by atoms with E-state index in [1.165, 1.54) is 0 Å². The van der Waals surface area contributed by atoms with E-state index in [1.807, 2.05) is 61.3 Å². The van der Waals surface area contributed by atoms with Crippen molar-refractivity contribution in [2.24, 2.45) is 4.99 Å². The Balaban J connectivity index is 1.98. The zero-order chi connectivity index (χ0) is 15.9. The molecule has 0 atom stereocenters. The van der Waals surface area contributed by atoms with Gasteiger partial charge < -0.3 is 9.64 Å². The van der Waals surface area contributed by atoms with Gasteiger partial charge in [-0.2, -0.15) is 0 Å². The van der Waals surface area contributed by atoms with Gasteiger partial charge in [0.1, 0.15) is 5.75 Å². The lowest BCUT2D eigenvalue weighted by molar-refractivity contribution is 0.215. The Morgan fingerprint density at radius 1 is 1.09 bits per heavy atom. The summed E-state index contributed by atoms with van der Waals surface area (Å²) in [6.45, 7) is 1.93. The number of benzene rings is 2. The van der Waals surface area contributed by atoms with Crippen LogP contribution in [0.15, 0.2) is 59.6 Å². The second-order valence-electron chi connectivity index (χ2n) is 4.70. The number of aliphatic imine (C=N–C) groups is 1. The van der Waals surface area contributed by atoms with Crippen LogP contribution < -0.4 is 15.0 Å². The number of carbonyl (C=O) groups excluding carboxylic acids is 1. The first-order chi connectivity index (χ1) is 10.6. The Morgan fingerprint density at radius 3 is 2.32 bits per heavy atom. The third kappa shape index (κ3) is 4.09. The molecule has 0 radical (unpaired) electrons. The molecule has 0 aromatic heterocycles. The van der Waals surface area contributed by atoms with Crippen molar-refractivity contribution in [3.63, 3.8) is 0 Å². The van der Waals surface area contributed by atoms with Crippen molar-refractivity contribution < 1.29 is 9.53 Å². The van der Waals surface area contributed by atoms with Gasteiger partial charge in [-0.25, -0.2) is 4.79 Å². The number of anilines is 2. The molecule has 5 nitrogen and oxygen atoms in total. The van der Waals surface area contributed by atoms with Crippen LogP contribution in [0.1, 0.15) is 6.92 Å². The molecule has 0 fully saturated rings. The summed E-state index contributed by atoms with van der Waals surface area (Å²) in [6, 6.07) is 16.4. The minimum Gasteiger partial charge on any atom is -0.410 e. The summed E-state index contributed by atoms with van der Waals surface area (Å²) in [5, 5.41) is 2.69. The van der Waals surface area contributed by atoms with Crippen molar-refractivity contribution in [3.05, 3.63) is 54.6 Å². The van der Waals surface area contributed by atoms with E-state index in [1.54, 1.807) is 19.2 Å². The molecule has 0 bridgehead atoms. The highest BCUT2D eigenvalue weighted by atomic mass is 16.6. The number of hydrogen-bond donors (Lipinski definition) is 1. The van der Waals surface area contributed by atoms with Gasteiger partial charge >= 0.3 is 6.09 Å². The monoisotopic (exact) mass is 297 g/mol. The van der Waals surface area contributed by atoms with Crippen LogP contribution >= 0.6 is 0 Å². The number of amides is 1. The molecule has 2 aromatic carbocycles. The van der Waals surface area contributed by atoms with Crippen molar-refractivity contribution in [1.82, 2.24) is 0 Å². The summed E-state index contributed by atoms with van der Waals surface area (Å²) in [7, 11) is 3.69. The first kappa shape index (κ1) is 15.6. The molecule has 2 rings (SSSR count). The van der Waals surface area contributed by atoms with Gasteiger partial charge in [0.25, 0.3) is 0 Å². The standard InChI is InChI=1S/C17H19N3O2/c1-13(18-2)20(3)15-11-9-14(10-12-15)19-17(21)22-16-7-5-4-6-8-16/h4-12H,1-3H3,(H,19,21). The minimum absolute atomic E-state index is 0.506. The van der Waals surface area contributed by atoms with Crippen LogP contribution in [0, 0.1) is 0 Å². The van der Waals surface area contributed by atoms with Crippen LogP contribution in [0.2, 0.25) is 0 Å². The quantitative estimate of drug-likeness (QED) is 0.693. The number of nitrogens with zero attached hydrogens (tertiary/aromatic N) is 2. The van der Waals surface area contributed by atoms with E-state index < -0.39 is 6.09 Å². The normalized spacial score (nSPS) is 11.0. The molecule has 1 N–H and O–H groups in total. The second kappa shape index (κ2) is 7.26. The lowest BCUT2D eigenvalue weighted by Gasteiger charge is -2.18. The third-order valence-corrected chi connectivity index (χ3v) is 3.26. The molecule has 114 valence electrons. The topological polar surface area (TPSA) is 53.9 Å². The van der Waals surface area contributed by atoms with Gasteiger partial charge in [0.2, 0.25) is 0 Å². The minimum atomic E-state index is -0.515. The lowest BCUT2D eigenvalue weighted by atomic mass is 10.2. The molecule has 2 aromatic rings. The van der Waals surface area contributed by atoms with E-state index >= 15 is 0 Å². The van der Waals surface area contributed by atoms with Gasteiger partial charge in [0, 0.05) is 25.5 Å². The molecule has 0 spiro atoms. The van der Waals surface area contributed by atoms with E-state index in [2.05, 4.69) is 10.3 Å². The maximum Gasteiger partial charge on any atom is 0.417 e. The fourth-order valence-corrected chi connectivity index (χ4v) is 1.84. The Kier molecular flexibility index (Phi) is 5.14. The summed E-state index contributed by atoms with van der Waals surface area (Å²) in [5.41, 5.74) is 1.66. The maximum absolute atomic E-state index is 11.8. The summed E-state index contributed by atoms with van der Waals surface area (Å²) in [5.74, 6) is 1.41. The van der Waals surface area contributed by atoms with E-state index in [-0.39, 0.29) is 0 Å². The van der Waals surface area contributed by atoms with E-state index in [9.17, 15) is 4.79 Å². The predicted octanol–water partition coefficient (Wildman–Crippen LogP) is 3.78. The van der Waals surface area contributed by atoms with E-state index in [4.69, 9.17) is 4.74 Å². The van der Waals surface area contributed by atoms with Crippen molar-refractivity contribution >= 4 is 23.3 Å². The average Bonchev–Trinajstić information content (AvgIpc) is 2.55. The molecule has 0 saturated carbocycles. The van der Waals surface area contributed by atoms with Crippen LogP contribution in [0.4, 0.5) is 16.2 Å². The number of amidine groups is 1. The van der Waals surface area contributed by atoms with Gasteiger partial charge in [0.15, 0.2) is 0 Å². The van der Waals surface area contributed by atoms with Crippen molar-refractivity contribution in [1.29, 1.82) is 0 Å². The number of para-hydroxylation sites is 1. The van der Waals surface area contributed by atoms with Crippen LogP contribution in [-0.4, -0.2) is 26.0 Å². The Bertz CT molecular complexity index is 651. The zero-order valence-corrected chi connectivity index (χ0v) is 12.9. The van der Waals surface area contributed by atoms with E-state index in [0.717, 1.165) is 11.5 Å². The largest absolute Gasteiger partial charge is 0.417 e.